The molecule has 3 N–H and O–H groups in total. The van der Waals surface area contributed by atoms with Crippen LogP contribution in [0.5, 0.6) is 0 Å². The topological polar surface area (TPSA) is 35.0 Å². The maximum absolute atomic E-state index is 0. The Kier molecular flexibility index (Phi) is 858. The summed E-state index contributed by atoms with van der Waals surface area (Å²) >= 11 is 0. The first kappa shape index (κ1) is 88.0. The fraction of sp³-hybridized carbons (Fsp3) is 0. The summed E-state index contributed by atoms with van der Waals surface area (Å²) in [7, 11) is 0. The van der Waals surface area contributed by atoms with Crippen LogP contribution in [0.15, 0.2) is 0 Å². The van der Waals surface area contributed by atoms with Crippen LogP contribution in [0.1, 0.15) is 0 Å². The maximum Gasteiger partial charge on any atom is 0.0814 e. The minimum atomic E-state index is 0. The molecule has 4 heavy (non-hydrogen) atoms. The van der Waals surface area contributed by atoms with Crippen molar-refractivity contribution in [3.05, 3.63) is 0 Å². The van der Waals surface area contributed by atoms with Crippen LogP contribution in [0.2, 0.25) is 0 Å². The summed E-state index contributed by atoms with van der Waals surface area (Å²) < 4.78 is 0. The summed E-state index contributed by atoms with van der Waals surface area (Å²) in [5.74, 6) is 0. The third-order valence-corrected chi connectivity index (χ3v) is 0. The van der Waals surface area contributed by atoms with E-state index in [4.69, 9.17) is 0 Å². The third kappa shape index (κ3) is 12.6. The molecule has 0 aliphatic carbocycles. The average Bonchev–Trinajstić information content (AvgIpc) is 0. The van der Waals surface area contributed by atoms with Crippen LogP contribution in [0.3, 0.4) is 0 Å². The van der Waals surface area contributed by atoms with Crippen LogP contribution in [-0.2, 0) is 21.1 Å². The van der Waals surface area contributed by atoms with Crippen molar-refractivity contribution in [3.8, 4) is 0 Å². The van der Waals surface area contributed by atoms with Crippen molar-refractivity contribution in [1.82, 2.24) is 6.15 Å². The quantitative estimate of drug-likeness (QED) is 0.480. The van der Waals surface area contributed by atoms with Gasteiger partial charge in [0.1, 0.15) is 0 Å². The number of rotatable bonds is 0. The van der Waals surface area contributed by atoms with Gasteiger partial charge in [-0.3, -0.25) is 0 Å². The van der Waals surface area contributed by atoms with E-state index < -0.39 is 0 Å². The molecule has 0 bridgehead atoms. The first-order chi connectivity index (χ1) is 0. The monoisotopic (exact) mass is 258 g/mol. The Balaban J connectivity index is 0. The Morgan fingerprint density at radius 3 is 1.00 bits per heavy atom. The molecule has 0 atom stereocenters. The van der Waals surface area contributed by atoms with E-state index in [1.807, 2.05) is 0 Å². The van der Waals surface area contributed by atoms with Crippen LogP contribution in [-0.4, -0.2) is 19.4 Å². The fourth-order valence-corrected chi connectivity index (χ4v) is 0. The van der Waals surface area contributed by atoms with E-state index in [-0.39, 0.29) is 46.6 Å². The summed E-state index contributed by atoms with van der Waals surface area (Å²) in [5.41, 5.74) is 0. The van der Waals surface area contributed by atoms with Crippen molar-refractivity contribution in [2.45, 2.75) is 0 Å². The van der Waals surface area contributed by atoms with Crippen molar-refractivity contribution < 1.29 is 21.1 Å². The minimum absolute atomic E-state index is 0. The fourth-order valence-electron chi connectivity index (χ4n) is 0. The van der Waals surface area contributed by atoms with Crippen LogP contribution in [0.25, 0.3) is 0 Å². The van der Waals surface area contributed by atoms with E-state index in [0.717, 1.165) is 0 Å². The van der Waals surface area contributed by atoms with E-state index >= 15 is 0 Å². The summed E-state index contributed by atoms with van der Waals surface area (Å²) in [4.78, 5) is 0. The zero-order valence-corrected chi connectivity index (χ0v) is 3.30. The van der Waals surface area contributed by atoms with Crippen LogP contribution in [0, 0.1) is 0 Å². The number of hydrogen-bond acceptors (Lipinski definition) is 1. The van der Waals surface area contributed by atoms with E-state index in [0.29, 0.717) is 0 Å². The van der Waals surface area contributed by atoms with Crippen molar-refractivity contribution in [3.63, 3.8) is 0 Å². The molecule has 0 saturated carbocycles. The Labute approximate surface area is 47.0 Å². The van der Waals surface area contributed by atoms with Crippen LogP contribution >= 0.6 is 0 Å². The number of hydrogen-bond donors (Lipinski definition) is 1. The molecule has 1 nitrogen and oxygen atoms in total. The Morgan fingerprint density at radius 1 is 1.00 bits per heavy atom. The standard InChI is InChI=1S/BH3.H3N.Pt.H4Si/h2*1H3;;1H4. The molecule has 0 aromatic heterocycles. The molecule has 4 heteroatoms. The third-order valence-electron chi connectivity index (χ3n) is 0. The second-order valence-electron chi connectivity index (χ2n) is 0. The second-order valence-corrected chi connectivity index (χ2v) is 0. The molecule has 0 spiro atoms. The van der Waals surface area contributed by atoms with Crippen LogP contribution < -0.4 is 6.15 Å². The molecule has 32 valence electrons. The molecule has 0 amide bonds. The van der Waals surface area contributed by atoms with E-state index in [9.17, 15) is 0 Å². The van der Waals surface area contributed by atoms with Crippen molar-refractivity contribution >= 4 is 19.4 Å². The van der Waals surface area contributed by atoms with Gasteiger partial charge in [-0.25, -0.2) is 0 Å². The molecule has 0 saturated heterocycles. The molecule has 0 fully saturated rings. The van der Waals surface area contributed by atoms with Crippen molar-refractivity contribution in [1.29, 1.82) is 0 Å². The maximum atomic E-state index is 0. The van der Waals surface area contributed by atoms with E-state index in [1.54, 1.807) is 0 Å². The molecule has 0 aliphatic rings. The molecular weight excluding hydrogens is 248 g/mol. The zero-order valence-electron chi connectivity index (χ0n) is 1.02. The first-order valence-corrected chi connectivity index (χ1v) is 0. The Morgan fingerprint density at radius 2 is 1.00 bits per heavy atom. The van der Waals surface area contributed by atoms with Gasteiger partial charge in [0.15, 0.2) is 0 Å². The molecular formula is H10BNPtSi. The molecule has 0 heterocycles. The molecule has 0 aliphatic heterocycles. The normalized spacial score (nSPS) is 0. The summed E-state index contributed by atoms with van der Waals surface area (Å²) in [6.07, 6.45) is 0. The molecule has 0 aromatic rings. The van der Waals surface area contributed by atoms with Gasteiger partial charge in [-0.1, -0.05) is 0 Å². The predicted molar refractivity (Wildman–Crippen MR) is 26.3 cm³/mol. The van der Waals surface area contributed by atoms with Gasteiger partial charge >= 0.3 is 0 Å². The largest absolute Gasteiger partial charge is 0.344 e. The average molecular weight is 258 g/mol. The summed E-state index contributed by atoms with van der Waals surface area (Å²) in [5, 5.41) is 0. The SMILES string of the molecule is B.N.[Pt].[SiH4]. The van der Waals surface area contributed by atoms with E-state index in [2.05, 4.69) is 0 Å². The molecule has 0 unspecified atom stereocenters. The van der Waals surface area contributed by atoms with Gasteiger partial charge in [-0.05, 0) is 11.0 Å². The predicted octanol–water partition coefficient (Wildman–Crippen LogP) is -2.48. The molecule has 0 radical (unpaired) electrons. The van der Waals surface area contributed by atoms with Gasteiger partial charge in [0.05, 0.1) is 8.41 Å². The molecule has 0 rings (SSSR count). The second kappa shape index (κ2) is 39.0. The van der Waals surface area contributed by atoms with Gasteiger partial charge in [0, 0.05) is 21.1 Å². The summed E-state index contributed by atoms with van der Waals surface area (Å²) in [6.45, 7) is 0. The van der Waals surface area contributed by atoms with Gasteiger partial charge in [-0.2, -0.15) is 0 Å². The zero-order chi connectivity index (χ0) is 0. The van der Waals surface area contributed by atoms with Gasteiger partial charge in [-0.15, -0.1) is 0 Å². The minimum Gasteiger partial charge on any atom is -0.344 e. The van der Waals surface area contributed by atoms with Crippen molar-refractivity contribution in [2.24, 2.45) is 0 Å². The summed E-state index contributed by atoms with van der Waals surface area (Å²) in [6, 6.07) is 0. The first-order valence-electron chi connectivity index (χ1n) is 0. The van der Waals surface area contributed by atoms with Crippen LogP contribution in [0.4, 0.5) is 0 Å². The Hall–Kier alpha value is 0.930. The van der Waals surface area contributed by atoms with E-state index in [1.165, 1.54) is 0 Å². The molecule has 0 aromatic carbocycles. The smallest absolute Gasteiger partial charge is 0.0814 e. The van der Waals surface area contributed by atoms with Gasteiger partial charge in [0.2, 0.25) is 0 Å². The Bertz CT molecular complexity index is 8.00. The van der Waals surface area contributed by atoms with Crippen molar-refractivity contribution in [2.75, 3.05) is 0 Å². The van der Waals surface area contributed by atoms with Gasteiger partial charge < -0.3 is 6.15 Å². The van der Waals surface area contributed by atoms with Gasteiger partial charge in [0.25, 0.3) is 0 Å².